The predicted molar refractivity (Wildman–Crippen MR) is 84.3 cm³/mol. The number of rotatable bonds is 7. The van der Waals surface area contributed by atoms with Crippen molar-refractivity contribution < 1.29 is 9.59 Å². The van der Waals surface area contributed by atoms with Crippen molar-refractivity contribution in [1.29, 1.82) is 0 Å². The molecule has 0 aliphatic heterocycles. The molecule has 0 rings (SSSR count). The second-order valence-electron chi connectivity index (χ2n) is 7.61. The summed E-state index contributed by atoms with van der Waals surface area (Å²) in [5.74, 6) is 0.238. The van der Waals surface area contributed by atoms with Gasteiger partial charge in [0.25, 0.3) is 0 Å². The maximum atomic E-state index is 12.1. The van der Waals surface area contributed by atoms with Crippen molar-refractivity contribution in [2.75, 3.05) is 0 Å². The third-order valence-electron chi connectivity index (χ3n) is 3.41. The Labute approximate surface area is 115 Å². The van der Waals surface area contributed by atoms with Crippen LogP contribution in [-0.2, 0) is 9.59 Å². The number of hydrogen-bond donors (Lipinski definition) is 0. The van der Waals surface area contributed by atoms with Gasteiger partial charge in [-0.2, -0.15) is 0 Å². The maximum Gasteiger partial charge on any atom is 0.124 e. The van der Waals surface area contributed by atoms with Crippen molar-refractivity contribution in [3.05, 3.63) is 0 Å². The molecule has 0 saturated heterocycles. The fourth-order valence-corrected chi connectivity index (χ4v) is 5.49. The smallest absolute Gasteiger partial charge is 0.124 e. The third-order valence-corrected chi connectivity index (χ3v) is 7.35. The number of hydrogen-bond acceptors (Lipinski definition) is 2. The fourth-order valence-electron chi connectivity index (χ4n) is 2.24. The van der Waals surface area contributed by atoms with Crippen molar-refractivity contribution in [3.63, 3.8) is 0 Å². The molecular weight excluding hydrogens is 256 g/mol. The summed E-state index contributed by atoms with van der Waals surface area (Å²) in [6, 6.07) is 0. The van der Waals surface area contributed by atoms with E-state index in [-0.39, 0.29) is 11.8 Å². The van der Waals surface area contributed by atoms with Crippen LogP contribution in [0.5, 0.6) is 0 Å². The van der Waals surface area contributed by atoms with Crippen LogP contribution in [-0.4, -0.2) is 27.0 Å². The standard InChI is InChI=1S/C14H30O2Si2/c1-11(13(15)17(3,4)5)9-10-12(2)14(16)18(6,7)8/h11-12H,9-10H2,1-8H3. The lowest BCUT2D eigenvalue weighted by molar-refractivity contribution is -0.118. The highest BCUT2D eigenvalue weighted by Crippen LogP contribution is 2.21. The predicted octanol–water partition coefficient (Wildman–Crippen LogP) is 3.93. The van der Waals surface area contributed by atoms with Gasteiger partial charge in [0.05, 0.1) is 0 Å². The summed E-state index contributed by atoms with van der Waals surface area (Å²) in [6.45, 7) is 16.6. The van der Waals surface area contributed by atoms with E-state index in [0.717, 1.165) is 12.8 Å². The highest BCUT2D eigenvalue weighted by atomic mass is 28.3. The zero-order chi connectivity index (χ0) is 14.7. The van der Waals surface area contributed by atoms with E-state index in [4.69, 9.17) is 0 Å². The van der Waals surface area contributed by atoms with Gasteiger partial charge in [0.15, 0.2) is 0 Å². The largest absolute Gasteiger partial charge is 0.305 e. The van der Waals surface area contributed by atoms with E-state index in [2.05, 4.69) is 39.3 Å². The molecule has 2 nitrogen and oxygen atoms in total. The lowest BCUT2D eigenvalue weighted by atomic mass is 10.00. The molecule has 0 radical (unpaired) electrons. The minimum atomic E-state index is -1.67. The summed E-state index contributed by atoms with van der Waals surface area (Å²) >= 11 is 0. The van der Waals surface area contributed by atoms with Gasteiger partial charge in [-0.05, 0) is 12.8 Å². The van der Waals surface area contributed by atoms with E-state index in [9.17, 15) is 9.59 Å². The van der Waals surface area contributed by atoms with Gasteiger partial charge in [0.2, 0.25) is 0 Å². The summed E-state index contributed by atoms with van der Waals surface area (Å²) in [4.78, 5) is 24.3. The van der Waals surface area contributed by atoms with Crippen LogP contribution in [0, 0.1) is 11.8 Å². The quantitative estimate of drug-likeness (QED) is 0.665. The third kappa shape index (κ3) is 5.61. The summed E-state index contributed by atoms with van der Waals surface area (Å²) in [5, 5.41) is 0.880. The normalized spacial score (nSPS) is 16.2. The molecule has 4 heteroatoms. The molecule has 106 valence electrons. The molecule has 0 saturated carbocycles. The van der Waals surface area contributed by atoms with Gasteiger partial charge in [-0.1, -0.05) is 53.1 Å². The monoisotopic (exact) mass is 286 g/mol. The van der Waals surface area contributed by atoms with Crippen molar-refractivity contribution in [2.24, 2.45) is 11.8 Å². The average molecular weight is 287 g/mol. The number of carbonyl (C=O) groups is 2. The molecule has 2 unspecified atom stereocenters. The van der Waals surface area contributed by atoms with Crippen LogP contribution in [0.1, 0.15) is 26.7 Å². The summed E-state index contributed by atoms with van der Waals surface area (Å²) < 4.78 is 0. The van der Waals surface area contributed by atoms with E-state index in [1.54, 1.807) is 0 Å². The fraction of sp³-hybridized carbons (Fsp3) is 0.857. The van der Waals surface area contributed by atoms with Crippen LogP contribution >= 0.6 is 0 Å². The van der Waals surface area contributed by atoms with Crippen LogP contribution in [0.15, 0.2) is 0 Å². The van der Waals surface area contributed by atoms with E-state index >= 15 is 0 Å². The zero-order valence-electron chi connectivity index (χ0n) is 13.4. The Balaban J connectivity index is 4.35. The van der Waals surface area contributed by atoms with E-state index in [1.165, 1.54) is 0 Å². The van der Waals surface area contributed by atoms with Gasteiger partial charge in [-0.3, -0.25) is 0 Å². The Morgan fingerprint density at radius 1 is 0.722 bits per heavy atom. The Morgan fingerprint density at radius 2 is 0.944 bits per heavy atom. The molecule has 0 aromatic carbocycles. The van der Waals surface area contributed by atoms with Gasteiger partial charge in [0, 0.05) is 11.8 Å². The van der Waals surface area contributed by atoms with E-state index < -0.39 is 16.1 Å². The second-order valence-corrected chi connectivity index (χ2v) is 17.6. The Hall–Kier alpha value is -0.226. The molecule has 0 aliphatic carbocycles. The van der Waals surface area contributed by atoms with Crippen LogP contribution in [0.2, 0.25) is 39.3 Å². The van der Waals surface area contributed by atoms with Gasteiger partial charge >= 0.3 is 0 Å². The molecule has 0 fully saturated rings. The minimum absolute atomic E-state index is 0.119. The van der Waals surface area contributed by atoms with Gasteiger partial charge in [-0.15, -0.1) is 0 Å². The highest BCUT2D eigenvalue weighted by molar-refractivity contribution is 7.04. The molecule has 0 aromatic rings. The minimum Gasteiger partial charge on any atom is -0.305 e. The molecule has 0 aliphatic rings. The average Bonchev–Trinajstić information content (AvgIpc) is 2.20. The van der Waals surface area contributed by atoms with Crippen LogP contribution < -0.4 is 0 Å². The highest BCUT2D eigenvalue weighted by Gasteiger charge is 2.31. The SMILES string of the molecule is CC(CCC(C)C(=O)[Si](C)(C)C)C(=O)[Si](C)(C)C. The second kappa shape index (κ2) is 6.28. The van der Waals surface area contributed by atoms with Crippen molar-refractivity contribution >= 4 is 27.0 Å². The molecule has 0 N–H and O–H groups in total. The molecule has 0 aromatic heterocycles. The lowest BCUT2D eigenvalue weighted by Gasteiger charge is -2.23. The van der Waals surface area contributed by atoms with Crippen LogP contribution in [0.4, 0.5) is 0 Å². The molecule has 0 bridgehead atoms. The first-order valence-electron chi connectivity index (χ1n) is 6.96. The van der Waals surface area contributed by atoms with Gasteiger partial charge < -0.3 is 9.59 Å². The van der Waals surface area contributed by atoms with Crippen molar-refractivity contribution in [2.45, 2.75) is 66.0 Å². The first-order valence-corrected chi connectivity index (χ1v) is 14.0. The van der Waals surface area contributed by atoms with Crippen molar-refractivity contribution in [1.82, 2.24) is 0 Å². The Bertz CT molecular complexity index is 279. The topological polar surface area (TPSA) is 34.1 Å². The van der Waals surface area contributed by atoms with Gasteiger partial charge in [0.1, 0.15) is 27.0 Å². The lowest BCUT2D eigenvalue weighted by Crippen LogP contribution is -2.39. The van der Waals surface area contributed by atoms with Crippen molar-refractivity contribution in [3.8, 4) is 0 Å². The van der Waals surface area contributed by atoms with Gasteiger partial charge in [-0.25, -0.2) is 0 Å². The Morgan fingerprint density at radius 3 is 1.11 bits per heavy atom. The van der Waals surface area contributed by atoms with E-state index in [1.807, 2.05) is 13.8 Å². The first-order chi connectivity index (χ1) is 7.87. The molecule has 0 spiro atoms. The summed E-state index contributed by atoms with van der Waals surface area (Å²) in [7, 11) is -3.35. The molecule has 0 amide bonds. The summed E-state index contributed by atoms with van der Waals surface area (Å²) in [6.07, 6.45) is 1.72. The molecule has 2 atom stereocenters. The molecule has 0 heterocycles. The van der Waals surface area contributed by atoms with Crippen LogP contribution in [0.3, 0.4) is 0 Å². The number of carbonyl (C=O) groups excluding carboxylic acids is 2. The molecule has 18 heavy (non-hydrogen) atoms. The summed E-state index contributed by atoms with van der Waals surface area (Å²) in [5.41, 5.74) is 0. The molecular formula is C14H30O2Si2. The zero-order valence-corrected chi connectivity index (χ0v) is 15.4. The maximum absolute atomic E-state index is 12.1. The van der Waals surface area contributed by atoms with Crippen LogP contribution in [0.25, 0.3) is 0 Å². The first kappa shape index (κ1) is 17.8. The van der Waals surface area contributed by atoms with E-state index in [0.29, 0.717) is 10.8 Å². The Kier molecular flexibility index (Phi) is 6.20.